The Morgan fingerprint density at radius 3 is 2.74 bits per heavy atom. The van der Waals surface area contributed by atoms with Gasteiger partial charge in [-0.3, -0.25) is 19.3 Å². The number of hydrogen-bond donors (Lipinski definition) is 0. The zero-order chi connectivity index (χ0) is 19.4. The molecule has 6 nitrogen and oxygen atoms in total. The van der Waals surface area contributed by atoms with Crippen molar-refractivity contribution in [3.8, 4) is 0 Å². The third-order valence-corrected chi connectivity index (χ3v) is 5.68. The molecule has 0 saturated carbocycles. The third kappa shape index (κ3) is 3.92. The van der Waals surface area contributed by atoms with E-state index in [1.165, 1.54) is 23.3 Å². The first-order valence-electron chi connectivity index (χ1n) is 9.43. The molecule has 27 heavy (non-hydrogen) atoms. The van der Waals surface area contributed by atoms with Crippen LogP contribution >= 0.6 is 0 Å². The summed E-state index contributed by atoms with van der Waals surface area (Å²) >= 11 is 0. The third-order valence-electron chi connectivity index (χ3n) is 5.68. The van der Waals surface area contributed by atoms with Crippen LogP contribution in [0.5, 0.6) is 0 Å². The molecule has 1 spiro atoms. The van der Waals surface area contributed by atoms with E-state index in [0.29, 0.717) is 12.8 Å². The van der Waals surface area contributed by atoms with Gasteiger partial charge in [-0.15, -0.1) is 6.58 Å². The smallest absolute Gasteiger partial charge is 0.311 e. The summed E-state index contributed by atoms with van der Waals surface area (Å²) in [5.41, 5.74) is 1.89. The minimum absolute atomic E-state index is 0.141. The molecule has 2 fully saturated rings. The van der Waals surface area contributed by atoms with Gasteiger partial charge in [-0.1, -0.05) is 35.9 Å². The highest BCUT2D eigenvalue weighted by atomic mass is 16.7. The summed E-state index contributed by atoms with van der Waals surface area (Å²) in [6.45, 7) is 8.44. The zero-order valence-electron chi connectivity index (χ0n) is 16.1. The number of aryl methyl sites for hydroxylation is 1. The Kier molecular flexibility index (Phi) is 5.97. The number of methoxy groups -OCH3 is 1. The second-order valence-corrected chi connectivity index (χ2v) is 7.42. The summed E-state index contributed by atoms with van der Waals surface area (Å²) in [4.78, 5) is 33.0. The molecule has 2 aliphatic rings. The Morgan fingerprint density at radius 2 is 2.11 bits per heavy atom. The van der Waals surface area contributed by atoms with Gasteiger partial charge in [0.1, 0.15) is 0 Å². The number of benzene rings is 1. The fraction of sp³-hybridized carbons (Fsp3) is 0.524. The van der Waals surface area contributed by atoms with E-state index in [-0.39, 0.29) is 24.9 Å². The van der Waals surface area contributed by atoms with E-state index in [1.54, 1.807) is 6.08 Å². The normalized spacial score (nSPS) is 22.2. The second kappa shape index (κ2) is 8.23. The zero-order valence-corrected chi connectivity index (χ0v) is 16.1. The molecule has 1 aromatic carbocycles. The molecule has 1 unspecified atom stereocenters. The van der Waals surface area contributed by atoms with E-state index in [1.807, 2.05) is 0 Å². The summed E-state index contributed by atoms with van der Waals surface area (Å²) in [6, 6.07) is 8.49. The van der Waals surface area contributed by atoms with E-state index in [2.05, 4.69) is 42.7 Å². The van der Waals surface area contributed by atoms with Gasteiger partial charge in [-0.05, 0) is 25.3 Å². The number of carbonyl (C=O) groups is 2. The van der Waals surface area contributed by atoms with Crippen molar-refractivity contribution in [1.82, 2.24) is 9.96 Å². The van der Waals surface area contributed by atoms with Crippen LogP contribution in [-0.2, 0) is 25.7 Å². The Bertz CT molecular complexity index is 710. The molecule has 2 heterocycles. The molecular formula is C21H28N2O4. The number of nitrogens with zero attached hydrogens (tertiary/aromatic N) is 2. The first-order chi connectivity index (χ1) is 13.0. The summed E-state index contributed by atoms with van der Waals surface area (Å²) in [5.74, 6) is -0.972. The van der Waals surface area contributed by atoms with E-state index >= 15 is 0 Å². The fourth-order valence-corrected chi connectivity index (χ4v) is 4.33. The molecule has 0 bridgehead atoms. The molecule has 6 heteroatoms. The van der Waals surface area contributed by atoms with Crippen LogP contribution in [-0.4, -0.2) is 54.2 Å². The largest absolute Gasteiger partial charge is 0.469 e. The topological polar surface area (TPSA) is 59.1 Å². The number of hydroxylamine groups is 2. The van der Waals surface area contributed by atoms with Crippen molar-refractivity contribution in [2.45, 2.75) is 38.3 Å². The number of esters is 1. The number of piperidine rings is 1. The molecule has 0 aliphatic carbocycles. The number of ether oxygens (including phenoxy) is 1. The van der Waals surface area contributed by atoms with Gasteiger partial charge >= 0.3 is 5.97 Å². The highest BCUT2D eigenvalue weighted by molar-refractivity contribution is 5.88. The lowest BCUT2D eigenvalue weighted by atomic mass is 9.77. The van der Waals surface area contributed by atoms with Crippen LogP contribution in [0.2, 0.25) is 0 Å². The SMILES string of the molecule is C=CCON1C(=O)CC(C(=O)OC)C12CCN(Cc1cccc(C)c1)CC2. The predicted octanol–water partition coefficient (Wildman–Crippen LogP) is 2.47. The first-order valence-corrected chi connectivity index (χ1v) is 9.43. The van der Waals surface area contributed by atoms with Gasteiger partial charge < -0.3 is 4.74 Å². The maximum absolute atomic E-state index is 12.5. The van der Waals surface area contributed by atoms with Gasteiger partial charge in [0.2, 0.25) is 5.91 Å². The quantitative estimate of drug-likeness (QED) is 0.567. The average Bonchev–Trinajstić information content (AvgIpc) is 2.93. The van der Waals surface area contributed by atoms with Crippen molar-refractivity contribution >= 4 is 11.9 Å². The number of amides is 1. The van der Waals surface area contributed by atoms with E-state index in [0.717, 1.165) is 19.6 Å². The fourth-order valence-electron chi connectivity index (χ4n) is 4.33. The highest BCUT2D eigenvalue weighted by Gasteiger charge is 2.58. The lowest BCUT2D eigenvalue weighted by Crippen LogP contribution is -2.57. The molecular weight excluding hydrogens is 344 g/mol. The maximum Gasteiger partial charge on any atom is 0.311 e. The van der Waals surface area contributed by atoms with Crippen molar-refractivity contribution in [3.05, 3.63) is 48.0 Å². The van der Waals surface area contributed by atoms with Crippen molar-refractivity contribution in [2.75, 3.05) is 26.8 Å². The van der Waals surface area contributed by atoms with Gasteiger partial charge in [0.25, 0.3) is 0 Å². The lowest BCUT2D eigenvalue weighted by molar-refractivity contribution is -0.218. The lowest BCUT2D eigenvalue weighted by Gasteiger charge is -2.45. The molecule has 3 rings (SSSR count). The van der Waals surface area contributed by atoms with Gasteiger partial charge in [-0.2, -0.15) is 0 Å². The Balaban J connectivity index is 1.75. The molecule has 146 valence electrons. The summed E-state index contributed by atoms with van der Waals surface area (Å²) in [7, 11) is 1.38. The predicted molar refractivity (Wildman–Crippen MR) is 102 cm³/mol. The van der Waals surface area contributed by atoms with Gasteiger partial charge in [0, 0.05) is 26.1 Å². The maximum atomic E-state index is 12.5. The minimum atomic E-state index is -0.629. The van der Waals surface area contributed by atoms with Crippen LogP contribution in [0.1, 0.15) is 30.4 Å². The van der Waals surface area contributed by atoms with E-state index < -0.39 is 11.5 Å². The van der Waals surface area contributed by atoms with Gasteiger partial charge in [0.05, 0.1) is 25.2 Å². The van der Waals surface area contributed by atoms with Crippen molar-refractivity contribution < 1.29 is 19.2 Å². The molecule has 0 N–H and O–H groups in total. The minimum Gasteiger partial charge on any atom is -0.469 e. The first kappa shape index (κ1) is 19.6. The van der Waals surface area contributed by atoms with E-state index in [4.69, 9.17) is 9.57 Å². The molecule has 0 aromatic heterocycles. The van der Waals surface area contributed by atoms with Crippen LogP contribution < -0.4 is 0 Å². The highest BCUT2D eigenvalue weighted by Crippen LogP contribution is 2.44. The Morgan fingerprint density at radius 1 is 1.37 bits per heavy atom. The summed E-state index contributed by atoms with van der Waals surface area (Å²) in [5, 5.41) is 1.44. The van der Waals surface area contributed by atoms with Crippen molar-refractivity contribution in [1.29, 1.82) is 0 Å². The molecule has 2 aliphatic heterocycles. The molecule has 1 aromatic rings. The average molecular weight is 372 g/mol. The number of carbonyl (C=O) groups excluding carboxylic acids is 2. The van der Waals surface area contributed by atoms with Gasteiger partial charge in [0.15, 0.2) is 0 Å². The molecule has 0 radical (unpaired) electrons. The second-order valence-electron chi connectivity index (χ2n) is 7.42. The van der Waals surface area contributed by atoms with Crippen LogP contribution in [0, 0.1) is 12.8 Å². The Hall–Kier alpha value is -2.18. The molecule has 2 saturated heterocycles. The van der Waals surface area contributed by atoms with E-state index in [9.17, 15) is 9.59 Å². The van der Waals surface area contributed by atoms with Crippen LogP contribution in [0.25, 0.3) is 0 Å². The molecule has 1 amide bonds. The number of likely N-dealkylation sites (tertiary alicyclic amines) is 1. The summed E-state index contributed by atoms with van der Waals surface area (Å²) < 4.78 is 4.99. The van der Waals surface area contributed by atoms with Crippen LogP contribution in [0.3, 0.4) is 0 Å². The standard InChI is InChI=1S/C21H28N2O4/c1-4-12-27-23-19(24)14-18(20(25)26-3)21(23)8-10-22(11-9-21)15-17-7-5-6-16(2)13-17/h4-7,13,18H,1,8-12,14-15H2,2-3H3. The monoisotopic (exact) mass is 372 g/mol. The van der Waals surface area contributed by atoms with Crippen LogP contribution in [0.4, 0.5) is 0 Å². The van der Waals surface area contributed by atoms with Gasteiger partial charge in [-0.25, -0.2) is 5.06 Å². The Labute approximate surface area is 160 Å². The summed E-state index contributed by atoms with van der Waals surface area (Å²) in [6.07, 6.45) is 3.12. The molecule has 1 atom stereocenters. The van der Waals surface area contributed by atoms with Crippen molar-refractivity contribution in [3.63, 3.8) is 0 Å². The van der Waals surface area contributed by atoms with Crippen LogP contribution in [0.15, 0.2) is 36.9 Å². The van der Waals surface area contributed by atoms with Crippen molar-refractivity contribution in [2.24, 2.45) is 5.92 Å². The number of hydrogen-bond acceptors (Lipinski definition) is 5. The number of rotatable bonds is 6.